The van der Waals surface area contributed by atoms with Crippen molar-refractivity contribution in [1.82, 2.24) is 9.78 Å². The third-order valence-electron chi connectivity index (χ3n) is 5.07. The van der Waals surface area contributed by atoms with Crippen LogP contribution >= 0.6 is 0 Å². The van der Waals surface area contributed by atoms with Crippen molar-refractivity contribution in [2.75, 3.05) is 12.1 Å². The second-order valence-corrected chi connectivity index (χ2v) is 7.03. The SMILES string of the molecule is Cc1ccc(NC(=O)c2cc3n(n2)CC(c2ccc4c(c2)OCO4)OC3)cc1F. The summed E-state index contributed by atoms with van der Waals surface area (Å²) in [6, 6.07) is 12.0. The van der Waals surface area contributed by atoms with E-state index < -0.39 is 5.91 Å². The number of carbonyl (C=O) groups is 1. The van der Waals surface area contributed by atoms with Crippen LogP contribution in [0, 0.1) is 12.7 Å². The van der Waals surface area contributed by atoms with Gasteiger partial charge in [-0.2, -0.15) is 5.10 Å². The van der Waals surface area contributed by atoms with E-state index in [0.717, 1.165) is 17.0 Å². The lowest BCUT2D eigenvalue weighted by Crippen LogP contribution is -2.22. The van der Waals surface area contributed by atoms with Crippen LogP contribution in [0.2, 0.25) is 0 Å². The first-order valence-electron chi connectivity index (χ1n) is 9.22. The maximum absolute atomic E-state index is 13.7. The molecule has 1 N–H and O–H groups in total. The molecule has 0 saturated carbocycles. The summed E-state index contributed by atoms with van der Waals surface area (Å²) < 4.78 is 32.2. The first-order chi connectivity index (χ1) is 14.1. The van der Waals surface area contributed by atoms with Crippen LogP contribution in [0.4, 0.5) is 10.1 Å². The molecule has 1 atom stereocenters. The summed E-state index contributed by atoms with van der Waals surface area (Å²) in [5.74, 6) is 0.653. The van der Waals surface area contributed by atoms with Crippen molar-refractivity contribution in [3.63, 3.8) is 0 Å². The minimum atomic E-state index is -0.394. The number of amides is 1. The number of halogens is 1. The van der Waals surface area contributed by atoms with E-state index in [1.165, 1.54) is 6.07 Å². The average Bonchev–Trinajstić information content (AvgIpc) is 3.36. The molecule has 29 heavy (non-hydrogen) atoms. The van der Waals surface area contributed by atoms with Crippen LogP contribution in [0.25, 0.3) is 0 Å². The molecule has 3 heterocycles. The number of nitrogens with zero attached hydrogens (tertiary/aromatic N) is 2. The number of carbonyl (C=O) groups excluding carboxylic acids is 1. The van der Waals surface area contributed by atoms with Gasteiger partial charge < -0.3 is 19.5 Å². The smallest absolute Gasteiger partial charge is 0.276 e. The summed E-state index contributed by atoms with van der Waals surface area (Å²) in [6.07, 6.45) is -0.209. The molecule has 0 aliphatic carbocycles. The van der Waals surface area contributed by atoms with E-state index in [1.54, 1.807) is 29.8 Å². The van der Waals surface area contributed by atoms with Gasteiger partial charge >= 0.3 is 0 Å². The first kappa shape index (κ1) is 17.7. The molecule has 2 aliphatic heterocycles. The maximum Gasteiger partial charge on any atom is 0.276 e. The lowest BCUT2D eigenvalue weighted by molar-refractivity contribution is -0.00127. The quantitative estimate of drug-likeness (QED) is 0.734. The number of hydrogen-bond donors (Lipinski definition) is 1. The molecule has 2 aliphatic rings. The number of hydrogen-bond acceptors (Lipinski definition) is 5. The van der Waals surface area contributed by atoms with Crippen molar-refractivity contribution in [3.8, 4) is 11.5 Å². The zero-order chi connectivity index (χ0) is 20.0. The molecule has 0 fully saturated rings. The van der Waals surface area contributed by atoms with Crippen LogP contribution in [0.5, 0.6) is 11.5 Å². The predicted octanol–water partition coefficient (Wildman–Crippen LogP) is 3.58. The molecule has 1 unspecified atom stereocenters. The van der Waals surface area contributed by atoms with Crippen LogP contribution in [-0.2, 0) is 17.9 Å². The van der Waals surface area contributed by atoms with Gasteiger partial charge in [0, 0.05) is 5.69 Å². The Morgan fingerprint density at radius 2 is 2.03 bits per heavy atom. The summed E-state index contributed by atoms with van der Waals surface area (Å²) in [4.78, 5) is 12.5. The highest BCUT2D eigenvalue weighted by molar-refractivity contribution is 6.02. The van der Waals surface area contributed by atoms with Crippen LogP contribution in [0.3, 0.4) is 0 Å². The maximum atomic E-state index is 13.7. The van der Waals surface area contributed by atoms with Gasteiger partial charge in [0.15, 0.2) is 17.2 Å². The fourth-order valence-corrected chi connectivity index (χ4v) is 3.42. The van der Waals surface area contributed by atoms with Crippen molar-refractivity contribution < 1.29 is 23.4 Å². The van der Waals surface area contributed by atoms with Crippen molar-refractivity contribution >= 4 is 11.6 Å². The zero-order valence-corrected chi connectivity index (χ0v) is 15.6. The Labute approximate surface area is 166 Å². The summed E-state index contributed by atoms with van der Waals surface area (Å²) in [5.41, 5.74) is 2.93. The second kappa shape index (κ2) is 6.89. The third kappa shape index (κ3) is 3.31. The molecule has 0 spiro atoms. The minimum absolute atomic E-state index is 0.209. The van der Waals surface area contributed by atoms with Crippen LogP contribution in [0.15, 0.2) is 42.5 Å². The molecule has 1 amide bonds. The van der Waals surface area contributed by atoms with Gasteiger partial charge in [-0.1, -0.05) is 12.1 Å². The molecule has 148 valence electrons. The molecule has 0 saturated heterocycles. The molecule has 3 aromatic rings. The number of anilines is 1. The van der Waals surface area contributed by atoms with Crippen molar-refractivity contribution in [3.05, 3.63) is 70.8 Å². The monoisotopic (exact) mass is 395 g/mol. The molecule has 2 aromatic carbocycles. The molecule has 7 nitrogen and oxygen atoms in total. The number of ether oxygens (including phenoxy) is 3. The fraction of sp³-hybridized carbons (Fsp3) is 0.238. The third-order valence-corrected chi connectivity index (χ3v) is 5.07. The molecular weight excluding hydrogens is 377 g/mol. The van der Waals surface area contributed by atoms with Gasteiger partial charge in [-0.25, -0.2) is 4.39 Å². The number of fused-ring (bicyclic) bond motifs is 2. The molecular formula is C21H18FN3O4. The lowest BCUT2D eigenvalue weighted by Gasteiger charge is -2.24. The Bertz CT molecular complexity index is 1110. The Hall–Kier alpha value is -3.39. The van der Waals surface area contributed by atoms with Gasteiger partial charge in [0.1, 0.15) is 11.9 Å². The molecule has 8 heteroatoms. The standard InChI is InChI=1S/C21H18FN3O4/c1-12-2-4-14(7-16(12)22)23-21(26)17-8-15-10-27-20(9-25(15)24-17)13-3-5-18-19(6-13)29-11-28-18/h2-8,20H,9-11H2,1H3,(H,23,26). The van der Waals surface area contributed by atoms with Gasteiger partial charge in [-0.15, -0.1) is 0 Å². The van der Waals surface area contributed by atoms with E-state index in [9.17, 15) is 9.18 Å². The lowest BCUT2D eigenvalue weighted by atomic mass is 10.1. The Morgan fingerprint density at radius 3 is 2.90 bits per heavy atom. The number of aryl methyl sites for hydroxylation is 1. The summed E-state index contributed by atoms with van der Waals surface area (Å²) in [5, 5.41) is 7.09. The van der Waals surface area contributed by atoms with E-state index in [1.807, 2.05) is 18.2 Å². The van der Waals surface area contributed by atoms with Crippen LogP contribution < -0.4 is 14.8 Å². The molecule has 0 bridgehead atoms. The first-order valence-corrected chi connectivity index (χ1v) is 9.22. The fourth-order valence-electron chi connectivity index (χ4n) is 3.42. The highest BCUT2D eigenvalue weighted by atomic mass is 19.1. The van der Waals surface area contributed by atoms with Crippen molar-refractivity contribution in [2.24, 2.45) is 0 Å². The van der Waals surface area contributed by atoms with Crippen LogP contribution in [-0.4, -0.2) is 22.5 Å². The van der Waals surface area contributed by atoms with E-state index in [4.69, 9.17) is 14.2 Å². The summed E-state index contributed by atoms with van der Waals surface area (Å²) in [6.45, 7) is 2.69. The normalized spacial score (nSPS) is 17.1. The number of nitrogens with one attached hydrogen (secondary N) is 1. The van der Waals surface area contributed by atoms with Gasteiger partial charge in [-0.3, -0.25) is 9.48 Å². The Morgan fingerprint density at radius 1 is 1.17 bits per heavy atom. The number of rotatable bonds is 3. The minimum Gasteiger partial charge on any atom is -0.454 e. The average molecular weight is 395 g/mol. The van der Waals surface area contributed by atoms with E-state index in [-0.39, 0.29) is 24.4 Å². The largest absolute Gasteiger partial charge is 0.454 e. The van der Waals surface area contributed by atoms with Gasteiger partial charge in [0.25, 0.3) is 5.91 Å². The molecule has 5 rings (SSSR count). The number of aromatic nitrogens is 2. The van der Waals surface area contributed by atoms with Gasteiger partial charge in [0.05, 0.1) is 18.8 Å². The topological polar surface area (TPSA) is 74.6 Å². The van der Waals surface area contributed by atoms with E-state index in [2.05, 4.69) is 10.4 Å². The predicted molar refractivity (Wildman–Crippen MR) is 101 cm³/mol. The highest BCUT2D eigenvalue weighted by Gasteiger charge is 2.26. The Kier molecular flexibility index (Phi) is 4.21. The molecule has 1 aromatic heterocycles. The number of benzene rings is 2. The van der Waals surface area contributed by atoms with Crippen LogP contribution in [0.1, 0.15) is 33.4 Å². The summed E-state index contributed by atoms with van der Waals surface area (Å²) in [7, 11) is 0. The van der Waals surface area contributed by atoms with Gasteiger partial charge in [-0.05, 0) is 48.4 Å². The second-order valence-electron chi connectivity index (χ2n) is 7.03. The van der Waals surface area contributed by atoms with E-state index in [0.29, 0.717) is 30.2 Å². The van der Waals surface area contributed by atoms with E-state index >= 15 is 0 Å². The van der Waals surface area contributed by atoms with Crippen molar-refractivity contribution in [1.29, 1.82) is 0 Å². The summed E-state index contributed by atoms with van der Waals surface area (Å²) >= 11 is 0. The van der Waals surface area contributed by atoms with Gasteiger partial charge in [0.2, 0.25) is 6.79 Å². The van der Waals surface area contributed by atoms with Crippen molar-refractivity contribution in [2.45, 2.75) is 26.2 Å². The molecule has 0 radical (unpaired) electrons. The Balaban J connectivity index is 1.32. The highest BCUT2D eigenvalue weighted by Crippen LogP contribution is 2.36. The zero-order valence-electron chi connectivity index (χ0n) is 15.6.